The zero-order valence-corrected chi connectivity index (χ0v) is 14.4. The van der Waals surface area contributed by atoms with E-state index in [-0.39, 0.29) is 5.97 Å². The predicted octanol–water partition coefficient (Wildman–Crippen LogP) is 5.45. The molecular weight excluding hydrogens is 304 g/mol. The predicted molar refractivity (Wildman–Crippen MR) is 96.8 cm³/mol. The zero-order valence-electron chi connectivity index (χ0n) is 13.6. The second-order valence-corrected chi connectivity index (χ2v) is 7.66. The average Bonchev–Trinajstić information content (AvgIpc) is 2.83. The maximum atomic E-state index is 12.3. The van der Waals surface area contributed by atoms with Crippen LogP contribution in [0.3, 0.4) is 0 Å². The van der Waals surface area contributed by atoms with Gasteiger partial charge >= 0.3 is 5.97 Å². The van der Waals surface area contributed by atoms with Crippen LogP contribution in [0.4, 0.5) is 0 Å². The summed E-state index contributed by atoms with van der Waals surface area (Å²) in [5.74, 6) is -0.179. The summed E-state index contributed by atoms with van der Waals surface area (Å²) in [5.41, 5.74) is 1.83. The first-order chi connectivity index (χ1) is 10.9. The number of fused-ring (bicyclic) bond motifs is 1. The molecule has 0 saturated carbocycles. The Morgan fingerprint density at radius 1 is 1.00 bits per heavy atom. The Morgan fingerprint density at radius 2 is 1.65 bits per heavy atom. The molecule has 0 radical (unpaired) electrons. The van der Waals surface area contributed by atoms with E-state index in [9.17, 15) is 4.79 Å². The number of hydrogen-bond acceptors (Lipinski definition) is 3. The van der Waals surface area contributed by atoms with Crippen molar-refractivity contribution in [2.45, 2.75) is 32.8 Å². The van der Waals surface area contributed by atoms with E-state index in [2.05, 4.69) is 24.3 Å². The molecule has 0 atom stereocenters. The fourth-order valence-corrected chi connectivity index (χ4v) is 3.86. The molecule has 0 aliphatic heterocycles. The van der Waals surface area contributed by atoms with Crippen molar-refractivity contribution in [3.63, 3.8) is 0 Å². The first-order valence-corrected chi connectivity index (χ1v) is 8.53. The summed E-state index contributed by atoms with van der Waals surface area (Å²) in [5, 5.41) is 1.20. The molecule has 0 N–H and O–H groups in total. The summed E-state index contributed by atoms with van der Waals surface area (Å²) >= 11 is 1.67. The Labute approximate surface area is 140 Å². The van der Waals surface area contributed by atoms with Gasteiger partial charge in [-0.3, -0.25) is 4.79 Å². The molecule has 118 valence electrons. The van der Waals surface area contributed by atoms with Crippen LogP contribution in [0.1, 0.15) is 25.6 Å². The first kappa shape index (κ1) is 15.8. The molecule has 1 aromatic heterocycles. The molecule has 0 aliphatic rings. The highest BCUT2D eigenvalue weighted by atomic mass is 32.1. The smallest absolute Gasteiger partial charge is 0.311 e. The van der Waals surface area contributed by atoms with E-state index in [1.165, 1.54) is 10.1 Å². The molecule has 0 spiro atoms. The van der Waals surface area contributed by atoms with Crippen LogP contribution in [0, 0.1) is 0 Å². The minimum atomic E-state index is -0.458. The van der Waals surface area contributed by atoms with Crippen molar-refractivity contribution in [1.29, 1.82) is 0 Å². The van der Waals surface area contributed by atoms with E-state index in [1.54, 1.807) is 11.3 Å². The highest BCUT2D eigenvalue weighted by Gasteiger charge is 2.20. The van der Waals surface area contributed by atoms with E-state index in [0.717, 1.165) is 16.0 Å². The molecule has 2 aromatic carbocycles. The Morgan fingerprint density at radius 3 is 2.35 bits per heavy atom. The molecule has 0 aliphatic carbocycles. The lowest BCUT2D eigenvalue weighted by Crippen LogP contribution is -2.24. The van der Waals surface area contributed by atoms with Crippen LogP contribution in [-0.2, 0) is 16.0 Å². The maximum absolute atomic E-state index is 12.3. The number of carbonyl (C=O) groups excluding carboxylic acids is 1. The average molecular weight is 324 g/mol. The third-order valence-corrected chi connectivity index (χ3v) is 4.63. The maximum Gasteiger partial charge on any atom is 0.311 e. The fraction of sp³-hybridized carbons (Fsp3) is 0.250. The van der Waals surface area contributed by atoms with Gasteiger partial charge in [0.2, 0.25) is 0 Å². The lowest BCUT2D eigenvalue weighted by Gasteiger charge is -2.19. The third kappa shape index (κ3) is 3.62. The van der Waals surface area contributed by atoms with Gasteiger partial charge in [-0.05, 0) is 32.4 Å². The van der Waals surface area contributed by atoms with Crippen molar-refractivity contribution in [3.8, 4) is 11.1 Å². The van der Waals surface area contributed by atoms with Crippen LogP contribution in [0.25, 0.3) is 21.2 Å². The van der Waals surface area contributed by atoms with Gasteiger partial charge in [-0.2, -0.15) is 0 Å². The van der Waals surface area contributed by atoms with Gasteiger partial charge in [0.1, 0.15) is 5.60 Å². The summed E-state index contributed by atoms with van der Waals surface area (Å²) < 4.78 is 6.70. The molecule has 3 heteroatoms. The molecule has 2 nitrogen and oxygen atoms in total. The van der Waals surface area contributed by atoms with E-state index in [0.29, 0.717) is 6.42 Å². The molecular formula is C20H20O2S. The highest BCUT2D eigenvalue weighted by Crippen LogP contribution is 2.39. The standard InChI is InChI=1S/C20H20O2S/c1-20(2,3)22-18(21)13-17-19(14-9-5-4-6-10-14)15-11-7-8-12-16(15)23-17/h4-12H,13H2,1-3H3. The molecule has 3 rings (SSSR count). The van der Waals surface area contributed by atoms with Crippen molar-refractivity contribution in [2.75, 3.05) is 0 Å². The number of hydrogen-bond donors (Lipinski definition) is 0. The van der Waals surface area contributed by atoms with Crippen molar-refractivity contribution < 1.29 is 9.53 Å². The molecule has 23 heavy (non-hydrogen) atoms. The van der Waals surface area contributed by atoms with Crippen LogP contribution in [0.2, 0.25) is 0 Å². The van der Waals surface area contributed by atoms with Crippen molar-refractivity contribution in [3.05, 3.63) is 59.5 Å². The van der Waals surface area contributed by atoms with Crippen LogP contribution in [-0.4, -0.2) is 11.6 Å². The van der Waals surface area contributed by atoms with Gasteiger partial charge in [0.15, 0.2) is 0 Å². The third-order valence-electron chi connectivity index (χ3n) is 3.46. The molecule has 0 unspecified atom stereocenters. The van der Waals surface area contributed by atoms with Crippen molar-refractivity contribution in [1.82, 2.24) is 0 Å². The zero-order chi connectivity index (χ0) is 16.4. The van der Waals surface area contributed by atoms with Crippen LogP contribution < -0.4 is 0 Å². The van der Waals surface area contributed by atoms with Crippen molar-refractivity contribution in [2.24, 2.45) is 0 Å². The van der Waals surface area contributed by atoms with Gasteiger partial charge in [-0.15, -0.1) is 11.3 Å². The van der Waals surface area contributed by atoms with Gasteiger partial charge in [0, 0.05) is 20.5 Å². The highest BCUT2D eigenvalue weighted by molar-refractivity contribution is 7.19. The van der Waals surface area contributed by atoms with Gasteiger partial charge in [0.05, 0.1) is 6.42 Å². The van der Waals surface area contributed by atoms with E-state index in [1.807, 2.05) is 51.1 Å². The number of carbonyl (C=O) groups is 1. The Kier molecular flexibility index (Phi) is 4.22. The minimum absolute atomic E-state index is 0.179. The van der Waals surface area contributed by atoms with E-state index >= 15 is 0 Å². The second kappa shape index (κ2) is 6.17. The molecule has 0 bridgehead atoms. The van der Waals surface area contributed by atoms with Gasteiger partial charge in [-0.25, -0.2) is 0 Å². The number of esters is 1. The minimum Gasteiger partial charge on any atom is -0.460 e. The SMILES string of the molecule is CC(C)(C)OC(=O)Cc1sc2ccccc2c1-c1ccccc1. The normalized spacial score (nSPS) is 11.6. The summed E-state index contributed by atoms with van der Waals surface area (Å²) in [6.07, 6.45) is 0.306. The topological polar surface area (TPSA) is 26.3 Å². The summed E-state index contributed by atoms with van der Waals surface area (Å²) in [6, 6.07) is 18.5. The lowest BCUT2D eigenvalue weighted by molar-refractivity contribution is -0.153. The van der Waals surface area contributed by atoms with Crippen molar-refractivity contribution >= 4 is 27.4 Å². The van der Waals surface area contributed by atoms with E-state index < -0.39 is 5.60 Å². The van der Waals surface area contributed by atoms with Crippen LogP contribution in [0.5, 0.6) is 0 Å². The number of benzene rings is 2. The summed E-state index contributed by atoms with van der Waals surface area (Å²) in [7, 11) is 0. The number of ether oxygens (including phenoxy) is 1. The van der Waals surface area contributed by atoms with Crippen LogP contribution >= 0.6 is 11.3 Å². The Bertz CT molecular complexity index is 826. The lowest BCUT2D eigenvalue weighted by atomic mass is 10.0. The van der Waals surface area contributed by atoms with Gasteiger partial charge < -0.3 is 4.74 Å². The summed E-state index contributed by atoms with van der Waals surface area (Å²) in [6.45, 7) is 5.69. The monoisotopic (exact) mass is 324 g/mol. The Hall–Kier alpha value is -2.13. The quantitative estimate of drug-likeness (QED) is 0.599. The summed E-state index contributed by atoms with van der Waals surface area (Å²) in [4.78, 5) is 13.3. The molecule has 0 fully saturated rings. The molecule has 1 heterocycles. The Balaban J connectivity index is 2.05. The molecule has 0 amide bonds. The fourth-order valence-electron chi connectivity index (χ4n) is 2.65. The second-order valence-electron chi connectivity index (χ2n) is 6.53. The van der Waals surface area contributed by atoms with Gasteiger partial charge in [0.25, 0.3) is 0 Å². The van der Waals surface area contributed by atoms with Crippen LogP contribution in [0.15, 0.2) is 54.6 Å². The largest absolute Gasteiger partial charge is 0.460 e. The van der Waals surface area contributed by atoms with Gasteiger partial charge in [-0.1, -0.05) is 48.5 Å². The number of thiophene rings is 1. The molecule has 3 aromatic rings. The van der Waals surface area contributed by atoms with E-state index in [4.69, 9.17) is 4.74 Å². The molecule has 0 saturated heterocycles. The number of rotatable bonds is 3. The first-order valence-electron chi connectivity index (χ1n) is 7.72.